The summed E-state index contributed by atoms with van der Waals surface area (Å²) in [4.78, 5) is 9.96. The average molecular weight is 172 g/mol. The summed E-state index contributed by atoms with van der Waals surface area (Å²) in [6.45, 7) is 1.81. The summed E-state index contributed by atoms with van der Waals surface area (Å²) >= 11 is 1.46. The minimum atomic E-state index is -0.722. The third-order valence-corrected chi connectivity index (χ3v) is 2.52. The van der Waals surface area contributed by atoms with Crippen molar-refractivity contribution in [1.29, 1.82) is 0 Å². The molecular formula is C6H9BO3S. The van der Waals surface area contributed by atoms with Crippen LogP contribution >= 0.6 is 11.8 Å². The molecule has 1 saturated heterocycles. The molecule has 0 saturated carbocycles. The molecule has 0 aromatic rings. The zero-order valence-corrected chi connectivity index (χ0v) is 7.10. The van der Waals surface area contributed by atoms with E-state index in [1.165, 1.54) is 11.8 Å². The van der Waals surface area contributed by atoms with Gasteiger partial charge in [0.2, 0.25) is 5.12 Å². The van der Waals surface area contributed by atoms with Crippen LogP contribution in [0.1, 0.15) is 6.92 Å². The van der Waals surface area contributed by atoms with Crippen LogP contribution in [0.5, 0.6) is 0 Å². The van der Waals surface area contributed by atoms with E-state index in [0.29, 0.717) is 12.0 Å². The molecule has 1 aliphatic rings. The van der Waals surface area contributed by atoms with E-state index in [0.717, 1.165) is 0 Å². The highest BCUT2D eigenvalue weighted by atomic mass is 32.2. The summed E-state index contributed by atoms with van der Waals surface area (Å²) in [7, 11) is 5.47. The van der Waals surface area contributed by atoms with Crippen LogP contribution in [0.2, 0.25) is 0 Å². The van der Waals surface area contributed by atoms with Crippen molar-refractivity contribution in [1.82, 2.24) is 0 Å². The maximum Gasteiger partial charge on any atom is 0.215 e. The Morgan fingerprint density at radius 1 is 2.00 bits per heavy atom. The molecule has 2 unspecified atom stereocenters. The molecular weight excluding hydrogens is 163 g/mol. The van der Waals surface area contributed by atoms with E-state index in [1.54, 1.807) is 6.92 Å². The number of hydrogen-bond donors (Lipinski definition) is 0. The number of carbonyl (C=O) groups excluding carboxylic acids is 1. The van der Waals surface area contributed by atoms with Crippen LogP contribution in [-0.4, -0.2) is 37.6 Å². The van der Waals surface area contributed by atoms with Gasteiger partial charge >= 0.3 is 0 Å². The Kier molecular flexibility index (Phi) is 2.98. The van der Waals surface area contributed by atoms with Crippen molar-refractivity contribution in [3.05, 3.63) is 0 Å². The van der Waals surface area contributed by atoms with E-state index in [4.69, 9.17) is 17.3 Å². The second kappa shape index (κ2) is 3.60. The van der Waals surface area contributed by atoms with Gasteiger partial charge in [0, 0.05) is 18.7 Å². The Morgan fingerprint density at radius 2 is 2.73 bits per heavy atom. The van der Waals surface area contributed by atoms with Gasteiger partial charge in [-0.05, 0) is 0 Å². The quantitative estimate of drug-likeness (QED) is 0.447. The minimum absolute atomic E-state index is 0.0518. The molecule has 11 heavy (non-hydrogen) atoms. The molecule has 1 heterocycles. The maximum atomic E-state index is 9.96. The third kappa shape index (κ3) is 2.50. The lowest BCUT2D eigenvalue weighted by atomic mass is 10.0. The van der Waals surface area contributed by atoms with Crippen LogP contribution < -0.4 is 0 Å². The highest BCUT2D eigenvalue weighted by molar-refractivity contribution is 8.00. The Hall–Kier alpha value is 0.00494. The van der Waals surface area contributed by atoms with Gasteiger partial charge in [-0.3, -0.25) is 0 Å². The van der Waals surface area contributed by atoms with Gasteiger partial charge < -0.3 is 14.3 Å². The highest BCUT2D eigenvalue weighted by Gasteiger charge is 2.35. The Labute approximate surface area is 71.2 Å². The first-order valence-electron chi connectivity index (χ1n) is 3.31. The first-order valence-corrected chi connectivity index (χ1v) is 4.30. The summed E-state index contributed by atoms with van der Waals surface area (Å²) in [5, 5.41) is -0.722. The normalized spacial score (nSPS) is 37.4. The van der Waals surface area contributed by atoms with Gasteiger partial charge in [-0.25, -0.2) is 0 Å². The number of aldehydes is 1. The molecule has 0 bridgehead atoms. The van der Waals surface area contributed by atoms with Crippen molar-refractivity contribution in [2.24, 2.45) is 0 Å². The van der Waals surface area contributed by atoms with Crippen LogP contribution in [0.15, 0.2) is 0 Å². The van der Waals surface area contributed by atoms with Crippen LogP contribution in [0.25, 0.3) is 0 Å². The van der Waals surface area contributed by atoms with Gasteiger partial charge in [-0.1, -0.05) is 11.8 Å². The molecule has 0 amide bonds. The maximum absolute atomic E-state index is 9.96. The van der Waals surface area contributed by atoms with E-state index in [2.05, 4.69) is 0 Å². The molecule has 1 aliphatic heterocycles. The molecule has 0 aliphatic carbocycles. The molecule has 0 N–H and O–H groups in total. The van der Waals surface area contributed by atoms with Crippen molar-refractivity contribution in [3.8, 4) is 0 Å². The van der Waals surface area contributed by atoms with Crippen LogP contribution in [0.4, 0.5) is 0 Å². The molecule has 0 spiro atoms. The molecule has 0 aromatic heterocycles. The third-order valence-electron chi connectivity index (χ3n) is 1.29. The van der Waals surface area contributed by atoms with Gasteiger partial charge in [-0.15, -0.1) is 0 Å². The lowest BCUT2D eigenvalue weighted by Crippen LogP contribution is -2.27. The first-order chi connectivity index (χ1) is 5.16. The molecule has 0 aromatic carbocycles. The minimum Gasteiger partial charge on any atom is -0.347 e. The highest BCUT2D eigenvalue weighted by Crippen LogP contribution is 2.35. The first kappa shape index (κ1) is 9.10. The average Bonchev–Trinajstić information content (AvgIpc) is 2.28. The molecule has 1 rings (SSSR count). The predicted molar refractivity (Wildman–Crippen MR) is 43.5 cm³/mol. The number of hydrogen-bond acceptors (Lipinski definition) is 4. The zero-order chi connectivity index (χ0) is 8.32. The van der Waals surface area contributed by atoms with Crippen LogP contribution in [0.3, 0.4) is 0 Å². The zero-order valence-electron chi connectivity index (χ0n) is 6.28. The largest absolute Gasteiger partial charge is 0.347 e. The fourth-order valence-electron chi connectivity index (χ4n) is 0.838. The summed E-state index contributed by atoms with van der Waals surface area (Å²) in [6.07, 6.45) is 0.693. The van der Waals surface area contributed by atoms with E-state index >= 15 is 0 Å². The van der Waals surface area contributed by atoms with E-state index in [1.807, 2.05) is 0 Å². The predicted octanol–water partition coefficient (Wildman–Crippen LogP) is 0.134. The smallest absolute Gasteiger partial charge is 0.215 e. The van der Waals surface area contributed by atoms with E-state index in [9.17, 15) is 4.79 Å². The molecule has 5 heteroatoms. The fourth-order valence-corrected chi connectivity index (χ4v) is 1.72. The van der Waals surface area contributed by atoms with Crippen molar-refractivity contribution in [3.63, 3.8) is 0 Å². The number of rotatable bonds is 3. The van der Waals surface area contributed by atoms with E-state index in [-0.39, 0.29) is 12.6 Å². The summed E-state index contributed by atoms with van der Waals surface area (Å²) < 4.78 is 10.3. The Morgan fingerprint density at radius 3 is 3.18 bits per heavy atom. The van der Waals surface area contributed by atoms with Crippen molar-refractivity contribution >= 4 is 25.9 Å². The fraction of sp³-hybridized carbons (Fsp3) is 0.833. The summed E-state index contributed by atoms with van der Waals surface area (Å²) in [6, 6.07) is -0.281. The molecule has 60 valence electrons. The van der Waals surface area contributed by atoms with Gasteiger partial charge in [-0.2, -0.15) is 0 Å². The molecule has 2 atom stereocenters. The van der Waals surface area contributed by atoms with Gasteiger partial charge in [0.05, 0.1) is 0 Å². The van der Waals surface area contributed by atoms with E-state index < -0.39 is 5.12 Å². The standard InChI is InChI=1S/C6H9BO3S/c1-6(9-3-2-8)10-5(7)4-11-6/h2,5H,3-4H2,1H3. The Bertz CT molecular complexity index is 155. The number of thioether (sulfide) groups is 1. The lowest BCUT2D eigenvalue weighted by Gasteiger charge is -2.21. The summed E-state index contributed by atoms with van der Waals surface area (Å²) in [5.41, 5.74) is 0. The van der Waals surface area contributed by atoms with Crippen molar-refractivity contribution < 1.29 is 14.3 Å². The monoisotopic (exact) mass is 172 g/mol. The molecule has 2 radical (unpaired) electrons. The number of ether oxygens (including phenoxy) is 2. The second-order valence-corrected chi connectivity index (χ2v) is 3.67. The molecule has 3 nitrogen and oxygen atoms in total. The van der Waals surface area contributed by atoms with Crippen LogP contribution in [-0.2, 0) is 14.3 Å². The van der Waals surface area contributed by atoms with Crippen molar-refractivity contribution in [2.75, 3.05) is 12.4 Å². The number of carbonyl (C=O) groups is 1. The van der Waals surface area contributed by atoms with Gasteiger partial charge in [0.25, 0.3) is 0 Å². The van der Waals surface area contributed by atoms with Crippen LogP contribution in [0, 0.1) is 0 Å². The lowest BCUT2D eigenvalue weighted by molar-refractivity contribution is -0.158. The van der Waals surface area contributed by atoms with Crippen molar-refractivity contribution in [2.45, 2.75) is 18.0 Å². The van der Waals surface area contributed by atoms with Gasteiger partial charge in [0.15, 0.2) is 0 Å². The second-order valence-electron chi connectivity index (χ2n) is 2.31. The SMILES string of the molecule is [B]C1CSC(C)(OCC=O)O1. The Balaban J connectivity index is 2.35. The topological polar surface area (TPSA) is 35.5 Å². The van der Waals surface area contributed by atoms with Gasteiger partial charge in [0.1, 0.15) is 20.7 Å². The molecule has 1 fully saturated rings. The summed E-state index contributed by atoms with van der Waals surface area (Å²) in [5.74, 6) is 0.704.